The first-order valence-corrected chi connectivity index (χ1v) is 8.53. The third kappa shape index (κ3) is 3.30. The fraction of sp³-hybridized carbons (Fsp3) is 0.474. The maximum Gasteiger partial charge on any atom is 0.291 e. The SMILES string of the molecule is CCCCN1Cn2c(-c3ccc(OC(C)(C)C)cc3)cnc2C1=O. The lowest BCUT2D eigenvalue weighted by atomic mass is 10.1. The molecule has 2 heterocycles. The van der Waals surface area contributed by atoms with Crippen LogP contribution in [0.2, 0.25) is 0 Å². The van der Waals surface area contributed by atoms with Crippen molar-refractivity contribution >= 4 is 5.91 Å². The highest BCUT2D eigenvalue weighted by molar-refractivity contribution is 5.93. The Labute approximate surface area is 143 Å². The second kappa shape index (κ2) is 6.30. The summed E-state index contributed by atoms with van der Waals surface area (Å²) in [6.45, 7) is 9.59. The van der Waals surface area contributed by atoms with Gasteiger partial charge in [-0.3, -0.25) is 4.79 Å². The van der Waals surface area contributed by atoms with Crippen LogP contribution in [0, 0.1) is 0 Å². The van der Waals surface area contributed by atoms with Gasteiger partial charge in [0.2, 0.25) is 5.82 Å². The molecule has 0 unspecified atom stereocenters. The summed E-state index contributed by atoms with van der Waals surface area (Å²) in [5, 5.41) is 0. The van der Waals surface area contributed by atoms with Gasteiger partial charge in [0.25, 0.3) is 5.91 Å². The monoisotopic (exact) mass is 327 g/mol. The van der Waals surface area contributed by atoms with Crippen molar-refractivity contribution in [1.29, 1.82) is 0 Å². The van der Waals surface area contributed by atoms with Gasteiger partial charge in [0.05, 0.1) is 18.6 Å². The van der Waals surface area contributed by atoms with Crippen LogP contribution in [-0.4, -0.2) is 32.5 Å². The molecule has 128 valence electrons. The molecule has 1 amide bonds. The van der Waals surface area contributed by atoms with Crippen molar-refractivity contribution in [2.24, 2.45) is 0 Å². The summed E-state index contributed by atoms with van der Waals surface area (Å²) in [7, 11) is 0. The molecule has 24 heavy (non-hydrogen) atoms. The Hall–Kier alpha value is -2.30. The molecule has 5 nitrogen and oxygen atoms in total. The number of amides is 1. The molecule has 0 fully saturated rings. The van der Waals surface area contributed by atoms with Gasteiger partial charge in [0, 0.05) is 12.1 Å². The van der Waals surface area contributed by atoms with E-state index in [1.165, 1.54) is 0 Å². The molecule has 1 aromatic heterocycles. The zero-order valence-corrected chi connectivity index (χ0v) is 14.9. The smallest absolute Gasteiger partial charge is 0.291 e. The molecular formula is C19H25N3O2. The lowest BCUT2D eigenvalue weighted by Gasteiger charge is -2.21. The van der Waals surface area contributed by atoms with Crippen molar-refractivity contribution < 1.29 is 9.53 Å². The van der Waals surface area contributed by atoms with E-state index in [4.69, 9.17) is 4.74 Å². The van der Waals surface area contributed by atoms with Gasteiger partial charge in [0.1, 0.15) is 11.4 Å². The molecule has 2 aromatic rings. The number of nitrogens with zero attached hydrogens (tertiary/aromatic N) is 3. The van der Waals surface area contributed by atoms with E-state index in [-0.39, 0.29) is 11.5 Å². The Morgan fingerprint density at radius 2 is 1.92 bits per heavy atom. The van der Waals surface area contributed by atoms with Crippen molar-refractivity contribution in [3.05, 3.63) is 36.3 Å². The third-order valence-electron chi connectivity index (χ3n) is 4.00. The summed E-state index contributed by atoms with van der Waals surface area (Å²) in [6, 6.07) is 7.97. The maximum absolute atomic E-state index is 12.4. The van der Waals surface area contributed by atoms with E-state index in [2.05, 4.69) is 11.9 Å². The standard InChI is InChI=1S/C19H25N3O2/c1-5-6-11-21-13-22-16(12-20-17(22)18(21)23)14-7-9-15(10-8-14)24-19(2,3)4/h7-10,12H,5-6,11,13H2,1-4H3. The number of rotatable bonds is 5. The van der Waals surface area contributed by atoms with Crippen LogP contribution < -0.4 is 4.74 Å². The molecule has 1 aliphatic rings. The molecule has 0 saturated carbocycles. The number of carbonyl (C=O) groups excluding carboxylic acids is 1. The van der Waals surface area contributed by atoms with Gasteiger partial charge in [0.15, 0.2) is 0 Å². The summed E-state index contributed by atoms with van der Waals surface area (Å²) < 4.78 is 7.86. The van der Waals surface area contributed by atoms with Gasteiger partial charge in [-0.05, 0) is 51.5 Å². The highest BCUT2D eigenvalue weighted by atomic mass is 16.5. The Morgan fingerprint density at radius 3 is 2.54 bits per heavy atom. The molecule has 0 saturated heterocycles. The number of carbonyl (C=O) groups is 1. The first-order valence-electron chi connectivity index (χ1n) is 8.53. The molecule has 3 rings (SSSR count). The van der Waals surface area contributed by atoms with Crippen LogP contribution in [0.5, 0.6) is 5.75 Å². The molecule has 1 aliphatic heterocycles. The van der Waals surface area contributed by atoms with Crippen molar-refractivity contribution in [2.75, 3.05) is 6.54 Å². The second-order valence-corrected chi connectivity index (χ2v) is 7.20. The molecule has 5 heteroatoms. The number of unbranched alkanes of at least 4 members (excludes halogenated alkanes) is 1. The number of benzene rings is 1. The summed E-state index contributed by atoms with van der Waals surface area (Å²) in [6.07, 6.45) is 3.88. The highest BCUT2D eigenvalue weighted by Gasteiger charge is 2.30. The van der Waals surface area contributed by atoms with Gasteiger partial charge in [-0.2, -0.15) is 0 Å². The number of imidazole rings is 1. The predicted octanol–water partition coefficient (Wildman–Crippen LogP) is 3.94. The molecule has 0 atom stereocenters. The minimum absolute atomic E-state index is 0.0300. The highest BCUT2D eigenvalue weighted by Crippen LogP contribution is 2.28. The van der Waals surface area contributed by atoms with Crippen LogP contribution in [0.25, 0.3) is 11.3 Å². The first-order chi connectivity index (χ1) is 11.4. The quantitative estimate of drug-likeness (QED) is 0.835. The summed E-state index contributed by atoms with van der Waals surface area (Å²) in [4.78, 5) is 18.6. The van der Waals surface area contributed by atoms with Crippen LogP contribution in [0.3, 0.4) is 0 Å². The normalized spacial score (nSPS) is 14.2. The number of aromatic nitrogens is 2. The van der Waals surface area contributed by atoms with Gasteiger partial charge >= 0.3 is 0 Å². The van der Waals surface area contributed by atoms with Gasteiger partial charge < -0.3 is 14.2 Å². The average molecular weight is 327 g/mol. The fourth-order valence-corrected chi connectivity index (χ4v) is 2.86. The topological polar surface area (TPSA) is 47.4 Å². The molecule has 0 aliphatic carbocycles. The zero-order chi connectivity index (χ0) is 17.3. The molecular weight excluding hydrogens is 302 g/mol. The number of fused-ring (bicyclic) bond motifs is 1. The molecule has 0 N–H and O–H groups in total. The Morgan fingerprint density at radius 1 is 1.21 bits per heavy atom. The van der Waals surface area contributed by atoms with Crippen LogP contribution in [0.15, 0.2) is 30.5 Å². The Bertz CT molecular complexity index is 726. The van der Waals surface area contributed by atoms with E-state index in [9.17, 15) is 4.79 Å². The molecule has 0 spiro atoms. The predicted molar refractivity (Wildman–Crippen MR) is 94.0 cm³/mol. The minimum atomic E-state index is -0.217. The van der Waals surface area contributed by atoms with Crippen LogP contribution in [0.1, 0.15) is 51.2 Å². The van der Waals surface area contributed by atoms with Crippen LogP contribution >= 0.6 is 0 Å². The van der Waals surface area contributed by atoms with Crippen LogP contribution in [0.4, 0.5) is 0 Å². The van der Waals surface area contributed by atoms with Crippen molar-refractivity contribution in [3.63, 3.8) is 0 Å². The third-order valence-corrected chi connectivity index (χ3v) is 4.00. The molecule has 0 bridgehead atoms. The zero-order valence-electron chi connectivity index (χ0n) is 14.9. The summed E-state index contributed by atoms with van der Waals surface area (Å²) in [5.41, 5.74) is 1.80. The Kier molecular flexibility index (Phi) is 4.35. The van der Waals surface area contributed by atoms with E-state index in [0.29, 0.717) is 12.5 Å². The fourth-order valence-electron chi connectivity index (χ4n) is 2.86. The second-order valence-electron chi connectivity index (χ2n) is 7.20. The number of ether oxygens (including phenoxy) is 1. The lowest BCUT2D eigenvalue weighted by Crippen LogP contribution is -2.25. The van der Waals surface area contributed by atoms with E-state index in [1.54, 1.807) is 6.20 Å². The maximum atomic E-state index is 12.4. The lowest BCUT2D eigenvalue weighted by molar-refractivity contribution is 0.0764. The van der Waals surface area contributed by atoms with Crippen molar-refractivity contribution in [1.82, 2.24) is 14.5 Å². The van der Waals surface area contributed by atoms with E-state index in [1.807, 2.05) is 54.5 Å². The first kappa shape index (κ1) is 16.6. The van der Waals surface area contributed by atoms with Crippen LogP contribution in [-0.2, 0) is 6.67 Å². The van der Waals surface area contributed by atoms with E-state index < -0.39 is 0 Å². The summed E-state index contributed by atoms with van der Waals surface area (Å²) in [5.74, 6) is 1.41. The van der Waals surface area contributed by atoms with Gasteiger partial charge in [-0.1, -0.05) is 13.3 Å². The number of hydrogen-bond donors (Lipinski definition) is 0. The number of hydrogen-bond acceptors (Lipinski definition) is 3. The van der Waals surface area contributed by atoms with E-state index in [0.717, 1.165) is 36.4 Å². The van der Waals surface area contributed by atoms with Crippen molar-refractivity contribution in [2.45, 2.75) is 52.8 Å². The summed E-state index contributed by atoms with van der Waals surface area (Å²) >= 11 is 0. The van der Waals surface area contributed by atoms with Crippen molar-refractivity contribution in [3.8, 4) is 17.0 Å². The Balaban J connectivity index is 1.81. The molecule has 0 radical (unpaired) electrons. The van der Waals surface area contributed by atoms with Gasteiger partial charge in [-0.25, -0.2) is 4.98 Å². The van der Waals surface area contributed by atoms with E-state index >= 15 is 0 Å². The minimum Gasteiger partial charge on any atom is -0.488 e. The largest absolute Gasteiger partial charge is 0.488 e. The molecule has 1 aromatic carbocycles. The average Bonchev–Trinajstić information content (AvgIpc) is 3.05. The van der Waals surface area contributed by atoms with Gasteiger partial charge in [-0.15, -0.1) is 0 Å².